The number of hydrogen-bond acceptors (Lipinski definition) is 5. The van der Waals surface area contributed by atoms with Crippen molar-refractivity contribution in [2.75, 3.05) is 9.80 Å². The van der Waals surface area contributed by atoms with E-state index in [-0.39, 0.29) is 0 Å². The van der Waals surface area contributed by atoms with Crippen molar-refractivity contribution in [3.63, 3.8) is 0 Å². The number of benzene rings is 23. The predicted molar refractivity (Wildman–Crippen MR) is 606 cm³/mol. The normalized spacial score (nSPS) is 16.8. The monoisotopic (exact) mass is 1920 g/mol. The molecule has 6 spiro atoms. The lowest BCUT2D eigenvalue weighted by molar-refractivity contribution is 0.478. The van der Waals surface area contributed by atoms with Gasteiger partial charge in [-0.1, -0.05) is 442 Å². The summed E-state index contributed by atoms with van der Waals surface area (Å²) in [6.45, 7) is 0. The van der Waals surface area contributed by atoms with Gasteiger partial charge >= 0.3 is 0 Å². The Hall–Kier alpha value is -18.7. The van der Waals surface area contributed by atoms with Crippen LogP contribution in [0.3, 0.4) is 0 Å². The average molecular weight is 1920 g/mol. The minimum absolute atomic E-state index is 0.543. The first-order chi connectivity index (χ1) is 74.4. The Labute approximate surface area is 873 Å². The maximum Gasteiger partial charge on any atom is 0.159 e. The van der Waals surface area contributed by atoms with E-state index in [2.05, 4.69) is 513 Å². The second kappa shape index (κ2) is 29.8. The molecule has 0 radical (unpaired) electrons. The molecule has 0 N–H and O–H groups in total. The third-order valence-corrected chi connectivity index (χ3v) is 37.3. The third kappa shape index (κ3) is 9.87. The molecule has 0 saturated carbocycles. The number of fused-ring (bicyclic) bond motifs is 52. The molecule has 2 heterocycles. The molecule has 4 nitrogen and oxygen atoms in total. The van der Waals surface area contributed by atoms with Gasteiger partial charge in [0.1, 0.15) is 0 Å². The first-order valence-electron chi connectivity index (χ1n) is 52.3. The molecule has 2 aliphatic heterocycles. The lowest BCUT2D eigenvalue weighted by atomic mass is 9.52. The zero-order valence-corrected chi connectivity index (χ0v) is 82.0. The Morgan fingerprint density at radius 3 is 1.00 bits per heavy atom. The van der Waals surface area contributed by atoms with E-state index in [0.29, 0.717) is 5.56 Å². The number of rotatable bonds is 5. The van der Waals surface area contributed by atoms with Crippen molar-refractivity contribution in [1.29, 1.82) is 5.26 Å². The smallest absolute Gasteiger partial charge is 0.159 e. The largest absolute Gasteiger partial charge is 0.452 e. The zero-order chi connectivity index (χ0) is 98.0. The number of nitrogens with zero attached hydrogens (tertiary/aromatic N) is 3. The summed E-state index contributed by atoms with van der Waals surface area (Å²) in [5, 5.41) is 10.5. The zero-order valence-electron chi connectivity index (χ0n) is 81.2. The van der Waals surface area contributed by atoms with Crippen molar-refractivity contribution in [3.05, 3.63) is 655 Å². The SMILES string of the molecule is N#Cc1cccc(-c2ccc3c(c2)C2(c4ccccc4-c4ccccc42)c2ccccc2C32c3ccccc3-c3c(-c4cccc5c4Oc4ccccc4N5c4ccc5c(c4)C4(c6ccccc6-c6ccccc64)c4ccccc4C54c5ccccc5-c5ccc(-c6cccc7c6Sc6ccccc6N7c6ccc7c(c6)-c6ccccc6C76c7ccccc7C7(c8ccccc8-c8ccccc87)c7ccccc76)cc54)cccc32)c1. The molecule has 23 aromatic carbocycles. The van der Waals surface area contributed by atoms with Crippen molar-refractivity contribution in [1.82, 2.24) is 0 Å². The second-order valence-electron chi connectivity index (χ2n) is 42.1. The Kier molecular flexibility index (Phi) is 16.4. The van der Waals surface area contributed by atoms with Crippen molar-refractivity contribution in [2.24, 2.45) is 0 Å². The van der Waals surface area contributed by atoms with E-state index in [0.717, 1.165) is 73.4 Å². The van der Waals surface area contributed by atoms with Crippen LogP contribution in [0.15, 0.2) is 525 Å². The molecule has 5 heteroatoms. The van der Waals surface area contributed by atoms with E-state index in [1.165, 1.54) is 216 Å². The number of para-hydroxylation sites is 4. The van der Waals surface area contributed by atoms with Gasteiger partial charge in [0, 0.05) is 26.7 Å². The highest BCUT2D eigenvalue weighted by molar-refractivity contribution is 8.00. The second-order valence-corrected chi connectivity index (χ2v) is 43.2. The predicted octanol–water partition coefficient (Wildman–Crippen LogP) is 35.2. The van der Waals surface area contributed by atoms with Crippen molar-refractivity contribution in [3.8, 4) is 118 Å². The van der Waals surface area contributed by atoms with Gasteiger partial charge in [-0.25, -0.2) is 0 Å². The molecule has 2 unspecified atom stereocenters. The minimum atomic E-state index is -0.859. The van der Waals surface area contributed by atoms with Crippen LogP contribution >= 0.6 is 11.8 Å². The summed E-state index contributed by atoms with van der Waals surface area (Å²) in [4.78, 5) is 7.48. The maximum absolute atomic E-state index is 10.5. The molecule has 2 atom stereocenters. The lowest BCUT2D eigenvalue weighted by Gasteiger charge is -2.49. The van der Waals surface area contributed by atoms with E-state index >= 15 is 0 Å². The van der Waals surface area contributed by atoms with Crippen LogP contribution in [0.2, 0.25) is 0 Å². The number of ether oxygens (including phenoxy) is 1. The van der Waals surface area contributed by atoms with E-state index in [1.807, 2.05) is 30.0 Å². The van der Waals surface area contributed by atoms with Gasteiger partial charge in [0.15, 0.2) is 11.5 Å². The van der Waals surface area contributed by atoms with Gasteiger partial charge in [-0.3, -0.25) is 0 Å². The summed E-state index contributed by atoms with van der Waals surface area (Å²) < 4.78 is 7.77. The highest BCUT2D eigenvalue weighted by atomic mass is 32.2. The highest BCUT2D eigenvalue weighted by Gasteiger charge is 2.64. The van der Waals surface area contributed by atoms with Gasteiger partial charge in [0.05, 0.1) is 66.9 Å². The van der Waals surface area contributed by atoms with E-state index in [4.69, 9.17) is 4.74 Å². The quantitative estimate of drug-likeness (QED) is 0.172. The fourth-order valence-corrected chi connectivity index (χ4v) is 32.2. The van der Waals surface area contributed by atoms with Crippen molar-refractivity contribution < 1.29 is 4.74 Å². The van der Waals surface area contributed by atoms with Crippen LogP contribution in [0, 0.1) is 11.3 Å². The van der Waals surface area contributed by atoms with Crippen LogP contribution in [0.5, 0.6) is 11.5 Å². The Bertz CT molecular complexity index is 9910. The molecule has 692 valence electrons. The topological polar surface area (TPSA) is 39.5 Å². The van der Waals surface area contributed by atoms with Gasteiger partial charge in [0.2, 0.25) is 0 Å². The molecular weight excluding hydrogens is 1830 g/mol. The molecular formula is C145H85N3OS. The summed E-state index contributed by atoms with van der Waals surface area (Å²) in [6.07, 6.45) is 0. The molecule has 34 rings (SSSR count). The van der Waals surface area contributed by atoms with Gasteiger partial charge in [-0.2, -0.15) is 5.26 Å². The lowest BCUT2D eigenvalue weighted by Crippen LogP contribution is -2.44. The Morgan fingerprint density at radius 2 is 0.493 bits per heavy atom. The van der Waals surface area contributed by atoms with E-state index in [9.17, 15) is 5.26 Å². The summed E-state index contributed by atoms with van der Waals surface area (Å²) in [5.41, 5.74) is 54.4. The maximum atomic E-state index is 10.5. The average Bonchev–Trinajstić information content (AvgIpc) is 1.44. The van der Waals surface area contributed by atoms with Crippen LogP contribution < -0.4 is 14.5 Å². The molecule has 150 heavy (non-hydrogen) atoms. The number of hydrogen-bond donors (Lipinski definition) is 0. The fraction of sp³-hybridized carbons (Fsp3) is 0.0414. The molecule has 0 fully saturated rings. The minimum Gasteiger partial charge on any atom is -0.452 e. The number of nitriles is 1. The van der Waals surface area contributed by atoms with E-state index < -0.39 is 32.5 Å². The van der Waals surface area contributed by atoms with Crippen LogP contribution in [-0.2, 0) is 32.5 Å². The fourth-order valence-electron chi connectivity index (χ4n) is 31.0. The van der Waals surface area contributed by atoms with Gasteiger partial charge in [-0.15, -0.1) is 0 Å². The van der Waals surface area contributed by atoms with Crippen LogP contribution in [-0.4, -0.2) is 0 Å². The molecule has 23 aromatic rings. The first-order valence-corrected chi connectivity index (χ1v) is 53.1. The standard InChI is InChI=1S/C145H85N3OS/c146-86-87-35-31-36-88(81-87)89-74-78-125-129(82-89)142(109-51-12-3-39-96(109)97-40-4-13-52-110(97)142)121-62-23-25-64-123(121)144(125)115-57-18-9-45-105(115)137-103(47-32-66-127(137)144)104-48-34-69-133-138(104)149-135-71-29-27-67-131(135)147(133)92-76-80-126-130(85-92)143(111-53-14-5-41-98(111)99-42-6-15-54-112(99)143)122-63-24-26-65-124(122)145(126)113-55-16-7-43-100(113)102-77-73-90(83-128(102)145)93-46-33-70-134-139(93)150-136-72-30-28-68-132(136)148(134)91-75-79-116-106(84-91)101-44-8-17-56-114(101)141(116)119-60-21-19-58-117(119)140(118-59-20-22-61-120(118)141)107-49-10-1-37-94(107)95-38-2-11-50-108(95)140/h1-85H. The van der Waals surface area contributed by atoms with Crippen LogP contribution in [0.1, 0.15) is 139 Å². The summed E-state index contributed by atoms with van der Waals surface area (Å²) in [7, 11) is 0. The number of anilines is 6. The highest BCUT2D eigenvalue weighted by Crippen LogP contribution is 2.75. The summed E-state index contributed by atoms with van der Waals surface area (Å²) in [5.74, 6) is 1.54. The van der Waals surface area contributed by atoms with Crippen molar-refractivity contribution >= 4 is 45.9 Å². The first kappa shape index (κ1) is 82.6. The van der Waals surface area contributed by atoms with Crippen LogP contribution in [0.4, 0.5) is 34.1 Å². The molecule has 0 bridgehead atoms. The van der Waals surface area contributed by atoms with Crippen LogP contribution in [0.25, 0.3) is 100 Å². The van der Waals surface area contributed by atoms with Gasteiger partial charge in [-0.05, 0) is 313 Å². The Balaban J connectivity index is 0.555. The summed E-state index contributed by atoms with van der Waals surface area (Å²) in [6, 6.07) is 200. The molecule has 0 saturated heterocycles. The van der Waals surface area contributed by atoms with Gasteiger partial charge < -0.3 is 14.5 Å². The molecule has 11 aliphatic rings. The molecule has 0 amide bonds. The molecule has 0 aromatic heterocycles. The summed E-state index contributed by atoms with van der Waals surface area (Å²) >= 11 is 1.89. The van der Waals surface area contributed by atoms with E-state index in [1.54, 1.807) is 0 Å². The Morgan fingerprint density at radius 1 is 0.187 bits per heavy atom. The van der Waals surface area contributed by atoms with Crippen molar-refractivity contribution in [2.45, 2.75) is 42.3 Å². The molecule has 9 aliphatic carbocycles. The third-order valence-electron chi connectivity index (χ3n) is 36.1. The van der Waals surface area contributed by atoms with Gasteiger partial charge in [0.25, 0.3) is 0 Å².